The fourth-order valence-electron chi connectivity index (χ4n) is 4.40. The lowest BCUT2D eigenvalue weighted by Gasteiger charge is -2.23. The molecule has 6 nitrogen and oxygen atoms in total. The maximum Gasteiger partial charge on any atom is 0.220 e. The molecule has 6 heteroatoms. The molecule has 0 aromatic carbocycles. The van der Waals surface area contributed by atoms with Crippen molar-refractivity contribution in [1.29, 1.82) is 0 Å². The third-order valence-corrected chi connectivity index (χ3v) is 6.28. The first-order valence-corrected chi connectivity index (χ1v) is 12.2. The zero-order valence-corrected chi connectivity index (χ0v) is 18.4. The topological polar surface area (TPSA) is 71.9 Å². The van der Waals surface area contributed by atoms with Crippen LogP contribution in [0.15, 0.2) is 0 Å². The van der Waals surface area contributed by atoms with Crippen molar-refractivity contribution in [3.63, 3.8) is 0 Å². The van der Waals surface area contributed by atoms with Crippen molar-refractivity contribution in [1.82, 2.24) is 10.6 Å². The van der Waals surface area contributed by atoms with E-state index >= 15 is 0 Å². The molecule has 0 aromatic heterocycles. The number of hydrogen-bond acceptors (Lipinski definition) is 3. The standard InChI is InChI=1S/C23H43N3O3/c27-22(24-15-10-16-26-17-19-29-20-18-26)13-14-23(28)25-21-11-8-6-4-2-1-3-5-7-9-12-21/h21H,1-20H2,(H,24,27)(H,25,28)/p+1. The smallest absolute Gasteiger partial charge is 0.220 e. The molecule has 2 rings (SSSR count). The maximum absolute atomic E-state index is 12.3. The highest BCUT2D eigenvalue weighted by Crippen LogP contribution is 2.17. The Morgan fingerprint density at radius 1 is 0.793 bits per heavy atom. The van der Waals surface area contributed by atoms with Gasteiger partial charge in [0.2, 0.25) is 11.8 Å². The van der Waals surface area contributed by atoms with Gasteiger partial charge < -0.3 is 20.3 Å². The van der Waals surface area contributed by atoms with Crippen LogP contribution in [0.2, 0.25) is 0 Å². The summed E-state index contributed by atoms with van der Waals surface area (Å²) in [5, 5.41) is 6.17. The second-order valence-corrected chi connectivity index (χ2v) is 8.84. The van der Waals surface area contributed by atoms with E-state index in [0.717, 1.165) is 52.1 Å². The monoisotopic (exact) mass is 410 g/mol. The average Bonchev–Trinajstić information content (AvgIpc) is 2.72. The lowest BCUT2D eigenvalue weighted by molar-refractivity contribution is -0.908. The number of morpholine rings is 1. The molecule has 1 aliphatic carbocycles. The van der Waals surface area contributed by atoms with Gasteiger partial charge in [0.05, 0.1) is 19.8 Å². The summed E-state index contributed by atoms with van der Waals surface area (Å²) in [7, 11) is 0. The molecule has 0 radical (unpaired) electrons. The van der Waals surface area contributed by atoms with Crippen LogP contribution < -0.4 is 15.5 Å². The summed E-state index contributed by atoms with van der Waals surface area (Å²) in [6.45, 7) is 5.60. The Kier molecular flexibility index (Phi) is 13.0. The Bertz CT molecular complexity index is 441. The first-order valence-electron chi connectivity index (χ1n) is 12.2. The number of quaternary nitrogens is 1. The van der Waals surface area contributed by atoms with Gasteiger partial charge in [-0.25, -0.2) is 0 Å². The third-order valence-electron chi connectivity index (χ3n) is 6.28. The van der Waals surface area contributed by atoms with E-state index in [-0.39, 0.29) is 11.8 Å². The second kappa shape index (κ2) is 15.7. The molecule has 3 N–H and O–H groups in total. The molecule has 168 valence electrons. The van der Waals surface area contributed by atoms with Crippen molar-refractivity contribution in [2.75, 3.05) is 39.4 Å². The molecule has 2 amide bonds. The number of ether oxygens (including phenoxy) is 1. The van der Waals surface area contributed by atoms with Crippen molar-refractivity contribution in [3.05, 3.63) is 0 Å². The summed E-state index contributed by atoms with van der Waals surface area (Å²) < 4.78 is 5.36. The second-order valence-electron chi connectivity index (χ2n) is 8.84. The predicted octanol–water partition coefficient (Wildman–Crippen LogP) is 1.98. The zero-order chi connectivity index (χ0) is 20.6. The summed E-state index contributed by atoms with van der Waals surface area (Å²) >= 11 is 0. The highest BCUT2D eigenvalue weighted by Gasteiger charge is 2.15. The molecule has 0 unspecified atom stereocenters. The van der Waals surface area contributed by atoms with E-state index in [9.17, 15) is 9.59 Å². The van der Waals surface area contributed by atoms with Gasteiger partial charge in [0.15, 0.2) is 0 Å². The SMILES string of the molecule is O=C(CCC(=O)NC1CCCCCCCCCCC1)NCCC[NH+]1CCOCC1. The van der Waals surface area contributed by atoms with Crippen molar-refractivity contribution in [3.8, 4) is 0 Å². The van der Waals surface area contributed by atoms with Gasteiger partial charge in [0, 0.05) is 31.8 Å². The van der Waals surface area contributed by atoms with Crippen molar-refractivity contribution >= 4 is 11.8 Å². The van der Waals surface area contributed by atoms with E-state index in [1.807, 2.05) is 0 Å². The van der Waals surface area contributed by atoms with E-state index in [2.05, 4.69) is 10.6 Å². The Labute approximate surface area is 177 Å². The van der Waals surface area contributed by atoms with E-state index in [0.29, 0.717) is 25.4 Å². The lowest BCUT2D eigenvalue weighted by Crippen LogP contribution is -3.14. The summed E-state index contributed by atoms with van der Waals surface area (Å²) in [5.74, 6) is 0.0332. The van der Waals surface area contributed by atoms with E-state index in [4.69, 9.17) is 4.74 Å². The normalized spacial score (nSPS) is 21.0. The molecular formula is C23H44N3O3+. The maximum atomic E-state index is 12.3. The first-order chi connectivity index (χ1) is 14.2. The summed E-state index contributed by atoms with van der Waals surface area (Å²) in [5.41, 5.74) is 0. The minimum atomic E-state index is -0.00387. The third kappa shape index (κ3) is 12.2. The number of nitrogens with one attached hydrogen (secondary N) is 3. The van der Waals surface area contributed by atoms with Crippen molar-refractivity contribution in [2.45, 2.75) is 95.9 Å². The number of rotatable bonds is 8. The van der Waals surface area contributed by atoms with Crippen LogP contribution in [0.4, 0.5) is 0 Å². The molecule has 0 atom stereocenters. The van der Waals surface area contributed by atoms with Crippen LogP contribution in [0.25, 0.3) is 0 Å². The van der Waals surface area contributed by atoms with Crippen LogP contribution in [-0.4, -0.2) is 57.2 Å². The van der Waals surface area contributed by atoms with Crippen molar-refractivity contribution in [2.24, 2.45) is 0 Å². The van der Waals surface area contributed by atoms with Gasteiger partial charge >= 0.3 is 0 Å². The van der Waals surface area contributed by atoms with Crippen LogP contribution in [0.1, 0.15) is 89.9 Å². The first kappa shape index (κ1) is 24.1. The highest BCUT2D eigenvalue weighted by molar-refractivity contribution is 5.83. The quantitative estimate of drug-likeness (QED) is 0.536. The number of carbonyl (C=O) groups excluding carboxylic acids is 2. The molecule has 2 fully saturated rings. The van der Waals surface area contributed by atoms with Crippen LogP contribution in [0.3, 0.4) is 0 Å². The Balaban J connectivity index is 1.54. The molecule has 29 heavy (non-hydrogen) atoms. The largest absolute Gasteiger partial charge is 0.370 e. The van der Waals surface area contributed by atoms with Gasteiger partial charge in [-0.2, -0.15) is 0 Å². The molecule has 2 aliphatic rings. The highest BCUT2D eigenvalue weighted by atomic mass is 16.5. The molecule has 1 heterocycles. The van der Waals surface area contributed by atoms with Gasteiger partial charge in [-0.1, -0.05) is 57.8 Å². The molecular weight excluding hydrogens is 366 g/mol. The van der Waals surface area contributed by atoms with E-state index in [1.165, 1.54) is 57.8 Å². The van der Waals surface area contributed by atoms with Gasteiger partial charge in [0.1, 0.15) is 13.1 Å². The van der Waals surface area contributed by atoms with Gasteiger partial charge in [-0.05, 0) is 12.8 Å². The van der Waals surface area contributed by atoms with E-state index in [1.54, 1.807) is 4.90 Å². The van der Waals surface area contributed by atoms with Gasteiger partial charge in [-0.3, -0.25) is 9.59 Å². The molecule has 0 bridgehead atoms. The molecule has 0 aromatic rings. The minimum absolute atomic E-state index is 0.00387. The summed E-state index contributed by atoms with van der Waals surface area (Å²) in [4.78, 5) is 25.9. The number of hydrogen-bond donors (Lipinski definition) is 3. The van der Waals surface area contributed by atoms with Gasteiger partial charge in [-0.15, -0.1) is 0 Å². The fraction of sp³-hybridized carbons (Fsp3) is 0.913. The fourth-order valence-corrected chi connectivity index (χ4v) is 4.40. The van der Waals surface area contributed by atoms with E-state index < -0.39 is 0 Å². The zero-order valence-electron chi connectivity index (χ0n) is 18.4. The Hall–Kier alpha value is -1.14. The van der Waals surface area contributed by atoms with Gasteiger partial charge in [0.25, 0.3) is 0 Å². The van der Waals surface area contributed by atoms with Crippen molar-refractivity contribution < 1.29 is 19.2 Å². The number of amides is 2. The minimum Gasteiger partial charge on any atom is -0.370 e. The van der Waals surface area contributed by atoms with Crippen LogP contribution in [-0.2, 0) is 14.3 Å². The molecule has 0 spiro atoms. The predicted molar refractivity (Wildman–Crippen MR) is 116 cm³/mol. The van der Waals surface area contributed by atoms with Crippen LogP contribution in [0, 0.1) is 0 Å². The summed E-state index contributed by atoms with van der Waals surface area (Å²) in [6, 6.07) is 0.293. The summed E-state index contributed by atoms with van der Waals surface area (Å²) in [6.07, 6.45) is 15.5. The molecule has 1 saturated carbocycles. The average molecular weight is 411 g/mol. The number of carbonyl (C=O) groups is 2. The molecule has 1 saturated heterocycles. The van der Waals surface area contributed by atoms with Crippen LogP contribution in [0.5, 0.6) is 0 Å². The lowest BCUT2D eigenvalue weighted by atomic mass is 9.98. The Morgan fingerprint density at radius 3 is 1.97 bits per heavy atom. The van der Waals surface area contributed by atoms with Crippen LogP contribution >= 0.6 is 0 Å². The molecule has 1 aliphatic heterocycles. The Morgan fingerprint density at radius 2 is 1.34 bits per heavy atom.